The Bertz CT molecular complexity index is 1420. The fourth-order valence-electron chi connectivity index (χ4n) is 4.91. The van der Waals surface area contributed by atoms with Crippen LogP contribution in [0.4, 0.5) is 11.4 Å². The summed E-state index contributed by atoms with van der Waals surface area (Å²) in [4.78, 5) is 60.5. The number of nitrogens with one attached hydrogen (secondary N) is 1. The number of nitrogens with zero attached hydrogens (tertiary/aromatic N) is 3. The molecular weight excluding hydrogens is 512 g/mol. The second-order valence-electron chi connectivity index (χ2n) is 8.89. The van der Waals surface area contributed by atoms with Crippen molar-refractivity contribution in [3.63, 3.8) is 0 Å². The van der Waals surface area contributed by atoms with Gasteiger partial charge in [0.25, 0.3) is 5.91 Å². The summed E-state index contributed by atoms with van der Waals surface area (Å²) in [6.07, 6.45) is 3.81. The standard InChI is InChI=1S/C27H23ClN4O6/c1-37-19-8-4-17(5-9-19)29-23(33)14-27(26(36)30-22-12-3-16(28)15-31(22)27)21-13-24(34)32(25(21)35)18-6-10-20(38-2)11-7-18/h3-12,15,21H,13-14H2,1-2H3,(H,29,33). The number of halogens is 1. The molecule has 38 heavy (non-hydrogen) atoms. The third-order valence-corrected chi connectivity index (χ3v) is 6.99. The van der Waals surface area contributed by atoms with Crippen molar-refractivity contribution >= 4 is 52.4 Å². The molecule has 3 aliphatic rings. The van der Waals surface area contributed by atoms with Crippen molar-refractivity contribution in [3.8, 4) is 11.5 Å². The van der Waals surface area contributed by atoms with Crippen molar-refractivity contribution in [3.05, 3.63) is 71.9 Å². The number of imide groups is 1. The number of carbonyl (C=O) groups excluding carboxylic acids is 4. The molecule has 0 bridgehead atoms. The molecular formula is C27H23ClN4O6. The lowest BCUT2D eigenvalue weighted by molar-refractivity contribution is -0.137. The molecule has 1 saturated heterocycles. The normalized spacial score (nSPS) is 22.3. The average Bonchev–Trinajstić information content (AvgIpc) is 3.36. The van der Waals surface area contributed by atoms with Gasteiger partial charge in [-0.2, -0.15) is 4.99 Å². The average molecular weight is 535 g/mol. The van der Waals surface area contributed by atoms with E-state index in [2.05, 4.69) is 10.3 Å². The molecule has 0 aliphatic carbocycles. The minimum absolute atomic E-state index is 0.236. The Labute approximate surface area is 223 Å². The van der Waals surface area contributed by atoms with Gasteiger partial charge in [-0.15, -0.1) is 0 Å². The van der Waals surface area contributed by atoms with Gasteiger partial charge in [-0.25, -0.2) is 0 Å². The summed E-state index contributed by atoms with van der Waals surface area (Å²) >= 11 is 6.26. The number of rotatable bonds is 7. The number of methoxy groups -OCH3 is 2. The predicted octanol–water partition coefficient (Wildman–Crippen LogP) is 3.24. The number of allylic oxidation sites excluding steroid dienone is 2. The van der Waals surface area contributed by atoms with E-state index in [1.165, 1.54) is 31.4 Å². The van der Waals surface area contributed by atoms with Crippen LogP contribution in [0.5, 0.6) is 11.5 Å². The lowest BCUT2D eigenvalue weighted by atomic mass is 9.77. The lowest BCUT2D eigenvalue weighted by Crippen LogP contribution is -2.58. The maximum atomic E-state index is 13.8. The van der Waals surface area contributed by atoms with Crippen molar-refractivity contribution in [1.29, 1.82) is 0 Å². The van der Waals surface area contributed by atoms with Crippen molar-refractivity contribution < 1.29 is 28.7 Å². The Morgan fingerprint density at radius 2 is 1.66 bits per heavy atom. The highest BCUT2D eigenvalue weighted by Gasteiger charge is 2.62. The SMILES string of the molecule is COc1ccc(NC(=O)CC2(C3CC(=O)N(c4ccc(OC)cc4)C3=O)C(=O)N=C3C=CC(Cl)=CN32)cc1. The van der Waals surface area contributed by atoms with Crippen molar-refractivity contribution in [2.24, 2.45) is 10.9 Å². The van der Waals surface area contributed by atoms with Crippen molar-refractivity contribution in [2.75, 3.05) is 24.4 Å². The summed E-state index contributed by atoms with van der Waals surface area (Å²) in [5, 5.41) is 3.04. The zero-order valence-electron chi connectivity index (χ0n) is 20.5. The summed E-state index contributed by atoms with van der Waals surface area (Å²) in [6, 6.07) is 13.1. The van der Waals surface area contributed by atoms with Gasteiger partial charge in [-0.3, -0.25) is 24.1 Å². The molecule has 0 saturated carbocycles. The fourth-order valence-corrected chi connectivity index (χ4v) is 5.07. The highest BCUT2D eigenvalue weighted by Crippen LogP contribution is 2.44. The van der Waals surface area contributed by atoms with Gasteiger partial charge in [0.1, 0.15) is 22.9 Å². The molecule has 1 fully saturated rings. The minimum Gasteiger partial charge on any atom is -0.497 e. The van der Waals surface area contributed by atoms with Gasteiger partial charge < -0.3 is 19.7 Å². The number of ether oxygens (including phenoxy) is 2. The summed E-state index contributed by atoms with van der Waals surface area (Å²) in [6.45, 7) is 0. The van der Waals surface area contributed by atoms with Gasteiger partial charge in [0.2, 0.25) is 17.7 Å². The second kappa shape index (κ2) is 9.79. The highest BCUT2D eigenvalue weighted by molar-refractivity contribution is 6.32. The number of benzene rings is 2. The van der Waals surface area contributed by atoms with Crippen LogP contribution in [-0.4, -0.2) is 54.1 Å². The molecule has 2 aromatic rings. The molecule has 2 aromatic carbocycles. The first-order chi connectivity index (χ1) is 18.3. The number of amidine groups is 1. The molecule has 1 N–H and O–H groups in total. The monoisotopic (exact) mass is 534 g/mol. The molecule has 0 radical (unpaired) electrons. The van der Waals surface area contributed by atoms with Gasteiger partial charge in [0.05, 0.1) is 37.3 Å². The Balaban J connectivity index is 1.50. The maximum absolute atomic E-state index is 13.8. The number of fused-ring (bicyclic) bond motifs is 1. The molecule has 0 spiro atoms. The van der Waals surface area contributed by atoms with Crippen molar-refractivity contribution in [1.82, 2.24) is 4.90 Å². The molecule has 11 heteroatoms. The molecule has 10 nitrogen and oxygen atoms in total. The van der Waals surface area contributed by atoms with E-state index in [0.29, 0.717) is 22.9 Å². The van der Waals surface area contributed by atoms with Crippen LogP contribution in [0.2, 0.25) is 0 Å². The van der Waals surface area contributed by atoms with Gasteiger partial charge in [-0.1, -0.05) is 11.6 Å². The first-order valence-corrected chi connectivity index (χ1v) is 12.1. The Kier molecular flexibility index (Phi) is 6.50. The second-order valence-corrected chi connectivity index (χ2v) is 9.33. The largest absolute Gasteiger partial charge is 0.497 e. The van der Waals surface area contributed by atoms with E-state index >= 15 is 0 Å². The Morgan fingerprint density at radius 3 is 2.29 bits per heavy atom. The molecule has 2 unspecified atom stereocenters. The zero-order valence-corrected chi connectivity index (χ0v) is 21.3. The topological polar surface area (TPSA) is 118 Å². The first kappa shape index (κ1) is 25.2. The maximum Gasteiger partial charge on any atom is 0.275 e. The van der Waals surface area contributed by atoms with Crippen molar-refractivity contribution in [2.45, 2.75) is 18.4 Å². The number of hydrogen-bond donors (Lipinski definition) is 1. The predicted molar refractivity (Wildman–Crippen MR) is 140 cm³/mol. The van der Waals surface area contributed by atoms with E-state index in [0.717, 1.165) is 4.90 Å². The third-order valence-electron chi connectivity index (χ3n) is 6.76. The molecule has 3 heterocycles. The van der Waals surface area contributed by atoms with Crippen LogP contribution in [0.3, 0.4) is 0 Å². The van der Waals surface area contributed by atoms with E-state index in [4.69, 9.17) is 21.1 Å². The van der Waals surface area contributed by atoms with Crippen LogP contribution in [0.1, 0.15) is 12.8 Å². The molecule has 4 amide bonds. The first-order valence-electron chi connectivity index (χ1n) is 11.7. The minimum atomic E-state index is -1.79. The smallest absolute Gasteiger partial charge is 0.275 e. The molecule has 2 atom stereocenters. The quantitative estimate of drug-likeness (QED) is 0.542. The lowest BCUT2D eigenvalue weighted by Gasteiger charge is -2.39. The number of carbonyl (C=O) groups is 4. The van der Waals surface area contributed by atoms with Gasteiger partial charge >= 0.3 is 0 Å². The van der Waals surface area contributed by atoms with Crippen LogP contribution in [0.25, 0.3) is 0 Å². The number of amides is 4. The van der Waals surface area contributed by atoms with E-state index in [9.17, 15) is 19.2 Å². The number of aliphatic imine (C=N–C) groups is 1. The van der Waals surface area contributed by atoms with Gasteiger partial charge in [-0.05, 0) is 60.7 Å². The van der Waals surface area contributed by atoms with E-state index in [-0.39, 0.29) is 17.3 Å². The number of hydrogen-bond acceptors (Lipinski definition) is 7. The van der Waals surface area contributed by atoms with Crippen LogP contribution in [-0.2, 0) is 19.2 Å². The Morgan fingerprint density at radius 1 is 1.03 bits per heavy atom. The molecule has 0 aromatic heterocycles. The van der Waals surface area contributed by atoms with E-state index in [1.54, 1.807) is 54.6 Å². The van der Waals surface area contributed by atoms with E-state index in [1.807, 2.05) is 0 Å². The third kappa shape index (κ3) is 4.22. The zero-order chi connectivity index (χ0) is 27.0. The molecule has 5 rings (SSSR count). The van der Waals surface area contributed by atoms with Crippen LogP contribution >= 0.6 is 11.6 Å². The highest BCUT2D eigenvalue weighted by atomic mass is 35.5. The number of anilines is 2. The summed E-state index contributed by atoms with van der Waals surface area (Å²) < 4.78 is 10.3. The Hall–Kier alpha value is -4.44. The fraction of sp³-hybridized carbons (Fsp3) is 0.222. The summed E-state index contributed by atoms with van der Waals surface area (Å²) in [7, 11) is 3.04. The summed E-state index contributed by atoms with van der Waals surface area (Å²) in [5.41, 5.74) is -0.983. The summed E-state index contributed by atoms with van der Waals surface area (Å²) in [5.74, 6) is -2.14. The van der Waals surface area contributed by atoms with Crippen LogP contribution in [0.15, 0.2) is 76.9 Å². The van der Waals surface area contributed by atoms with Crippen LogP contribution in [0, 0.1) is 5.92 Å². The van der Waals surface area contributed by atoms with Gasteiger partial charge in [0.15, 0.2) is 0 Å². The van der Waals surface area contributed by atoms with E-state index < -0.39 is 41.5 Å². The van der Waals surface area contributed by atoms with Gasteiger partial charge in [0, 0.05) is 18.3 Å². The molecule has 3 aliphatic heterocycles. The molecule has 194 valence electrons. The van der Waals surface area contributed by atoms with Crippen LogP contribution < -0.4 is 19.7 Å².